The topological polar surface area (TPSA) is 41.6 Å². The van der Waals surface area contributed by atoms with E-state index in [0.717, 1.165) is 42.9 Å². The normalized spacial score (nSPS) is 16.7. The molecule has 1 aliphatic heterocycles. The number of nitrogens with one attached hydrogen (secondary N) is 1. The van der Waals surface area contributed by atoms with Crippen molar-refractivity contribution in [3.63, 3.8) is 0 Å². The predicted octanol–water partition coefficient (Wildman–Crippen LogP) is 4.21. The average Bonchev–Trinajstić information content (AvgIpc) is 2.74. The van der Waals surface area contributed by atoms with Gasteiger partial charge < -0.3 is 15.0 Å². The van der Waals surface area contributed by atoms with Gasteiger partial charge in [0.2, 0.25) is 0 Å². The Bertz CT molecular complexity index is 736. The van der Waals surface area contributed by atoms with E-state index in [9.17, 15) is 4.79 Å². The van der Waals surface area contributed by atoms with Gasteiger partial charge in [-0.3, -0.25) is 4.79 Å². The fourth-order valence-electron chi connectivity index (χ4n) is 3.78. The first-order chi connectivity index (χ1) is 13.2. The number of benzene rings is 2. The lowest BCUT2D eigenvalue weighted by Gasteiger charge is -2.25. The number of ether oxygens (including phenoxy) is 1. The van der Waals surface area contributed by atoms with Crippen molar-refractivity contribution in [3.05, 3.63) is 65.2 Å². The molecular formula is C23H30N2O2. The van der Waals surface area contributed by atoms with Gasteiger partial charge in [0, 0.05) is 30.8 Å². The van der Waals surface area contributed by atoms with Gasteiger partial charge in [-0.15, -0.1) is 0 Å². The first kappa shape index (κ1) is 19.4. The van der Waals surface area contributed by atoms with Crippen LogP contribution in [0.15, 0.2) is 48.5 Å². The summed E-state index contributed by atoms with van der Waals surface area (Å²) < 4.78 is 5.45. The molecule has 1 amide bonds. The zero-order chi connectivity index (χ0) is 19.1. The van der Waals surface area contributed by atoms with E-state index in [1.165, 1.54) is 18.4 Å². The predicted molar refractivity (Wildman–Crippen MR) is 109 cm³/mol. The fraction of sp³-hybridized carbons (Fsp3) is 0.435. The number of carbonyl (C=O) groups is 1. The van der Waals surface area contributed by atoms with Gasteiger partial charge in [-0.25, -0.2) is 0 Å². The molecule has 144 valence electrons. The summed E-state index contributed by atoms with van der Waals surface area (Å²) in [6.07, 6.45) is 3.36. The van der Waals surface area contributed by atoms with Crippen LogP contribution in [0.5, 0.6) is 5.75 Å². The Kier molecular flexibility index (Phi) is 6.88. The van der Waals surface area contributed by atoms with Crippen molar-refractivity contribution in [2.24, 2.45) is 0 Å². The highest BCUT2D eigenvalue weighted by atomic mass is 16.5. The van der Waals surface area contributed by atoms with Crippen LogP contribution in [0.2, 0.25) is 0 Å². The zero-order valence-corrected chi connectivity index (χ0v) is 16.4. The van der Waals surface area contributed by atoms with E-state index in [1.54, 1.807) is 7.11 Å². The maximum atomic E-state index is 13.1. The molecule has 0 spiro atoms. The summed E-state index contributed by atoms with van der Waals surface area (Å²) in [5, 5.41) is 3.46. The van der Waals surface area contributed by atoms with E-state index in [2.05, 4.69) is 24.4 Å². The number of para-hydroxylation sites is 1. The van der Waals surface area contributed by atoms with Gasteiger partial charge in [0.15, 0.2) is 0 Å². The van der Waals surface area contributed by atoms with E-state index in [-0.39, 0.29) is 5.91 Å². The SMILES string of the molecule is CCCN(Cc1ccccc1OC)C(=O)c1ccc([C@H]2CCCNC2)cc1. The Labute approximate surface area is 162 Å². The highest BCUT2D eigenvalue weighted by Gasteiger charge is 2.19. The van der Waals surface area contributed by atoms with Crippen LogP contribution in [-0.2, 0) is 6.54 Å². The summed E-state index contributed by atoms with van der Waals surface area (Å²) >= 11 is 0. The molecule has 0 bridgehead atoms. The maximum absolute atomic E-state index is 13.1. The van der Waals surface area contributed by atoms with E-state index in [0.29, 0.717) is 12.5 Å². The zero-order valence-electron chi connectivity index (χ0n) is 16.4. The molecule has 2 aromatic carbocycles. The number of amides is 1. The molecule has 1 N–H and O–H groups in total. The van der Waals surface area contributed by atoms with Crippen molar-refractivity contribution in [2.75, 3.05) is 26.7 Å². The van der Waals surface area contributed by atoms with Crippen LogP contribution < -0.4 is 10.1 Å². The van der Waals surface area contributed by atoms with Crippen LogP contribution in [0.1, 0.15) is 53.6 Å². The molecule has 1 fully saturated rings. The van der Waals surface area contributed by atoms with Crippen LogP contribution in [0.25, 0.3) is 0 Å². The smallest absolute Gasteiger partial charge is 0.254 e. The minimum absolute atomic E-state index is 0.0797. The Balaban J connectivity index is 1.74. The first-order valence-electron chi connectivity index (χ1n) is 9.94. The summed E-state index contributed by atoms with van der Waals surface area (Å²) in [5.41, 5.74) is 3.11. The van der Waals surface area contributed by atoms with Crippen molar-refractivity contribution in [3.8, 4) is 5.75 Å². The Morgan fingerprint density at radius 2 is 1.96 bits per heavy atom. The number of nitrogens with zero attached hydrogens (tertiary/aromatic N) is 1. The number of hydrogen-bond donors (Lipinski definition) is 1. The Morgan fingerprint density at radius 1 is 1.19 bits per heavy atom. The fourth-order valence-corrected chi connectivity index (χ4v) is 3.78. The third-order valence-electron chi connectivity index (χ3n) is 5.26. The summed E-state index contributed by atoms with van der Waals surface area (Å²) in [7, 11) is 1.67. The van der Waals surface area contributed by atoms with Gasteiger partial charge in [-0.05, 0) is 55.5 Å². The number of piperidine rings is 1. The van der Waals surface area contributed by atoms with Crippen LogP contribution in [-0.4, -0.2) is 37.6 Å². The third kappa shape index (κ3) is 4.89. The molecule has 0 unspecified atom stereocenters. The Hall–Kier alpha value is -2.33. The van der Waals surface area contributed by atoms with Crippen molar-refractivity contribution in [1.82, 2.24) is 10.2 Å². The molecule has 1 aliphatic rings. The van der Waals surface area contributed by atoms with Crippen molar-refractivity contribution < 1.29 is 9.53 Å². The van der Waals surface area contributed by atoms with E-state index in [1.807, 2.05) is 41.3 Å². The molecule has 1 atom stereocenters. The summed E-state index contributed by atoms with van der Waals surface area (Å²) in [6.45, 7) is 5.53. The van der Waals surface area contributed by atoms with Gasteiger partial charge in [0.05, 0.1) is 7.11 Å². The molecule has 0 saturated carbocycles. The first-order valence-corrected chi connectivity index (χ1v) is 9.94. The Morgan fingerprint density at radius 3 is 2.63 bits per heavy atom. The van der Waals surface area contributed by atoms with E-state index < -0.39 is 0 Å². The molecular weight excluding hydrogens is 336 g/mol. The summed E-state index contributed by atoms with van der Waals surface area (Å²) in [6, 6.07) is 16.1. The second-order valence-corrected chi connectivity index (χ2v) is 7.20. The molecule has 4 heteroatoms. The molecule has 2 aromatic rings. The molecule has 3 rings (SSSR count). The molecule has 0 aliphatic carbocycles. The number of hydrogen-bond acceptors (Lipinski definition) is 3. The van der Waals surface area contributed by atoms with Crippen LogP contribution in [0.3, 0.4) is 0 Å². The van der Waals surface area contributed by atoms with E-state index >= 15 is 0 Å². The quantitative estimate of drug-likeness (QED) is 0.798. The molecule has 1 heterocycles. The monoisotopic (exact) mass is 366 g/mol. The van der Waals surface area contributed by atoms with Crippen LogP contribution in [0.4, 0.5) is 0 Å². The number of methoxy groups -OCH3 is 1. The van der Waals surface area contributed by atoms with Gasteiger partial charge in [-0.2, -0.15) is 0 Å². The van der Waals surface area contributed by atoms with Crippen LogP contribution >= 0.6 is 0 Å². The highest BCUT2D eigenvalue weighted by Crippen LogP contribution is 2.24. The summed E-state index contributed by atoms with van der Waals surface area (Å²) in [5.74, 6) is 1.46. The lowest BCUT2D eigenvalue weighted by atomic mass is 9.91. The molecule has 1 saturated heterocycles. The second-order valence-electron chi connectivity index (χ2n) is 7.20. The second kappa shape index (κ2) is 9.56. The molecule has 0 aromatic heterocycles. The highest BCUT2D eigenvalue weighted by molar-refractivity contribution is 5.94. The molecule has 27 heavy (non-hydrogen) atoms. The number of carbonyl (C=O) groups excluding carboxylic acids is 1. The summed E-state index contributed by atoms with van der Waals surface area (Å²) in [4.78, 5) is 15.0. The largest absolute Gasteiger partial charge is 0.496 e. The standard InChI is InChI=1S/C23H30N2O2/c1-3-15-25(17-21-7-4-5-9-22(21)27-2)23(26)19-12-10-18(11-13-19)20-8-6-14-24-16-20/h4-5,7,9-13,20,24H,3,6,8,14-17H2,1-2H3/t20-/m0/s1. The third-order valence-corrected chi connectivity index (χ3v) is 5.26. The molecule has 4 nitrogen and oxygen atoms in total. The minimum atomic E-state index is 0.0797. The number of rotatable bonds is 7. The van der Waals surface area contributed by atoms with Gasteiger partial charge >= 0.3 is 0 Å². The van der Waals surface area contributed by atoms with Crippen molar-refractivity contribution in [1.29, 1.82) is 0 Å². The maximum Gasteiger partial charge on any atom is 0.254 e. The van der Waals surface area contributed by atoms with Crippen molar-refractivity contribution in [2.45, 2.75) is 38.6 Å². The van der Waals surface area contributed by atoms with Gasteiger partial charge in [0.25, 0.3) is 5.91 Å². The molecule has 0 radical (unpaired) electrons. The lowest BCUT2D eigenvalue weighted by molar-refractivity contribution is 0.0742. The van der Waals surface area contributed by atoms with Crippen LogP contribution in [0, 0.1) is 0 Å². The lowest BCUT2D eigenvalue weighted by Crippen LogP contribution is -2.31. The average molecular weight is 367 g/mol. The van der Waals surface area contributed by atoms with Gasteiger partial charge in [0.1, 0.15) is 5.75 Å². The van der Waals surface area contributed by atoms with Crippen molar-refractivity contribution >= 4 is 5.91 Å². The van der Waals surface area contributed by atoms with E-state index in [4.69, 9.17) is 4.74 Å². The van der Waals surface area contributed by atoms with Gasteiger partial charge in [-0.1, -0.05) is 37.3 Å². The minimum Gasteiger partial charge on any atom is -0.496 e.